The van der Waals surface area contributed by atoms with Crippen molar-refractivity contribution in [1.29, 1.82) is 0 Å². The number of hydrogen-bond donors (Lipinski definition) is 1. The molecule has 0 aliphatic heterocycles. The smallest absolute Gasteiger partial charge is 0.129 e. The molecule has 98 valence electrons. The second-order valence-corrected chi connectivity index (χ2v) is 4.30. The Kier molecular flexibility index (Phi) is 5.06. The van der Waals surface area contributed by atoms with Crippen molar-refractivity contribution >= 4 is 5.69 Å². The first-order valence-electron chi connectivity index (χ1n) is 6.56. The lowest BCUT2D eigenvalue weighted by atomic mass is 10.2. The Bertz CT molecular complexity index is 508. The minimum Gasteiger partial charge on any atom is -0.457 e. The van der Waals surface area contributed by atoms with Gasteiger partial charge in [0.25, 0.3) is 0 Å². The van der Waals surface area contributed by atoms with Crippen LogP contribution < -0.4 is 10.1 Å². The molecule has 1 N–H and O–H groups in total. The lowest BCUT2D eigenvalue weighted by Crippen LogP contribution is -2.00. The molecule has 0 unspecified atom stereocenters. The van der Waals surface area contributed by atoms with Gasteiger partial charge in [-0.05, 0) is 37.1 Å². The molecule has 0 fully saturated rings. The molecule has 0 radical (unpaired) electrons. The Labute approximate surface area is 114 Å². The van der Waals surface area contributed by atoms with Crippen molar-refractivity contribution < 1.29 is 4.74 Å². The minimum atomic E-state index is 0.847. The average molecular weight is 253 g/mol. The van der Waals surface area contributed by atoms with Gasteiger partial charge in [-0.25, -0.2) is 0 Å². The summed E-state index contributed by atoms with van der Waals surface area (Å²) in [6.07, 6.45) is 4.07. The Balaban J connectivity index is 1.93. The van der Waals surface area contributed by atoms with Crippen LogP contribution in [0.2, 0.25) is 0 Å². The molecule has 19 heavy (non-hydrogen) atoms. The van der Waals surface area contributed by atoms with E-state index in [-0.39, 0.29) is 0 Å². The fourth-order valence-corrected chi connectivity index (χ4v) is 1.77. The van der Waals surface area contributed by atoms with E-state index in [2.05, 4.69) is 11.9 Å². The predicted molar refractivity (Wildman–Crippen MR) is 80.9 cm³/mol. The number of hydrogen-bond acceptors (Lipinski definition) is 2. The van der Waals surface area contributed by atoms with Gasteiger partial charge in [-0.15, -0.1) is 6.58 Å². The standard InChI is InChI=1S/C17H19NO/c1-2-3-7-13-18-15-9-8-12-17(14-15)19-16-10-5-4-6-11-16/h2,4-6,8-12,14,18H,1,3,7,13H2. The highest BCUT2D eigenvalue weighted by Gasteiger charge is 1.98. The summed E-state index contributed by atoms with van der Waals surface area (Å²) in [6.45, 7) is 4.66. The van der Waals surface area contributed by atoms with E-state index in [4.69, 9.17) is 4.74 Å². The van der Waals surface area contributed by atoms with E-state index in [9.17, 15) is 0 Å². The monoisotopic (exact) mass is 253 g/mol. The molecule has 0 aromatic heterocycles. The number of para-hydroxylation sites is 1. The Morgan fingerprint density at radius 1 is 1.00 bits per heavy atom. The molecule has 0 atom stereocenters. The second-order valence-electron chi connectivity index (χ2n) is 4.30. The van der Waals surface area contributed by atoms with Gasteiger partial charge in [-0.2, -0.15) is 0 Å². The molecule has 0 aliphatic carbocycles. The minimum absolute atomic E-state index is 0.847. The fraction of sp³-hybridized carbons (Fsp3) is 0.176. The molecule has 0 spiro atoms. The maximum Gasteiger partial charge on any atom is 0.129 e. The summed E-state index contributed by atoms with van der Waals surface area (Å²) < 4.78 is 5.79. The van der Waals surface area contributed by atoms with Crippen LogP contribution in [0.25, 0.3) is 0 Å². The van der Waals surface area contributed by atoms with Crippen LogP contribution in [0.1, 0.15) is 12.8 Å². The lowest BCUT2D eigenvalue weighted by molar-refractivity contribution is 0.483. The van der Waals surface area contributed by atoms with Gasteiger partial charge in [-0.1, -0.05) is 30.3 Å². The number of unbranched alkanes of at least 4 members (excludes halogenated alkanes) is 1. The van der Waals surface area contributed by atoms with Gasteiger partial charge < -0.3 is 10.1 Å². The van der Waals surface area contributed by atoms with E-state index in [1.807, 2.05) is 60.7 Å². The van der Waals surface area contributed by atoms with Crippen molar-refractivity contribution in [3.05, 3.63) is 67.3 Å². The molecule has 0 saturated carbocycles. The summed E-state index contributed by atoms with van der Waals surface area (Å²) in [4.78, 5) is 0. The molecular formula is C17H19NO. The van der Waals surface area contributed by atoms with Gasteiger partial charge in [0.15, 0.2) is 0 Å². The van der Waals surface area contributed by atoms with Crippen LogP contribution in [0.15, 0.2) is 67.3 Å². The van der Waals surface area contributed by atoms with E-state index < -0.39 is 0 Å². The van der Waals surface area contributed by atoms with Crippen molar-refractivity contribution in [2.24, 2.45) is 0 Å². The molecule has 0 amide bonds. The summed E-state index contributed by atoms with van der Waals surface area (Å²) in [5.74, 6) is 1.70. The van der Waals surface area contributed by atoms with Crippen molar-refractivity contribution in [3.63, 3.8) is 0 Å². The van der Waals surface area contributed by atoms with E-state index >= 15 is 0 Å². The van der Waals surface area contributed by atoms with Crippen LogP contribution in [0.4, 0.5) is 5.69 Å². The first kappa shape index (κ1) is 13.2. The van der Waals surface area contributed by atoms with Crippen LogP contribution in [0.3, 0.4) is 0 Å². The Morgan fingerprint density at radius 3 is 2.58 bits per heavy atom. The molecule has 2 nitrogen and oxygen atoms in total. The zero-order valence-electron chi connectivity index (χ0n) is 11.0. The number of nitrogens with one attached hydrogen (secondary N) is 1. The largest absolute Gasteiger partial charge is 0.457 e. The maximum absolute atomic E-state index is 5.79. The third kappa shape index (κ3) is 4.51. The van der Waals surface area contributed by atoms with Crippen LogP contribution in [0, 0.1) is 0 Å². The molecule has 2 heteroatoms. The molecule has 2 aromatic carbocycles. The van der Waals surface area contributed by atoms with Crippen LogP contribution in [-0.2, 0) is 0 Å². The van der Waals surface area contributed by atoms with E-state index in [0.717, 1.165) is 36.6 Å². The first-order valence-corrected chi connectivity index (χ1v) is 6.56. The molecule has 2 rings (SSSR count). The van der Waals surface area contributed by atoms with E-state index in [1.54, 1.807) is 0 Å². The van der Waals surface area contributed by atoms with E-state index in [0.29, 0.717) is 0 Å². The molecule has 2 aromatic rings. The zero-order chi connectivity index (χ0) is 13.3. The summed E-state index contributed by atoms with van der Waals surface area (Å²) in [5.41, 5.74) is 1.08. The van der Waals surface area contributed by atoms with Crippen LogP contribution in [0.5, 0.6) is 11.5 Å². The normalized spacial score (nSPS) is 9.89. The third-order valence-corrected chi connectivity index (χ3v) is 2.73. The van der Waals surface area contributed by atoms with Gasteiger partial charge >= 0.3 is 0 Å². The first-order chi connectivity index (χ1) is 9.38. The van der Waals surface area contributed by atoms with Gasteiger partial charge in [0.1, 0.15) is 11.5 Å². The number of allylic oxidation sites excluding steroid dienone is 1. The van der Waals surface area contributed by atoms with Crippen LogP contribution in [-0.4, -0.2) is 6.54 Å². The zero-order valence-corrected chi connectivity index (χ0v) is 11.0. The summed E-state index contributed by atoms with van der Waals surface area (Å²) in [7, 11) is 0. The molecule has 0 bridgehead atoms. The van der Waals surface area contributed by atoms with Crippen molar-refractivity contribution in [2.75, 3.05) is 11.9 Å². The molecular weight excluding hydrogens is 234 g/mol. The molecule has 0 aliphatic rings. The van der Waals surface area contributed by atoms with E-state index in [1.165, 1.54) is 0 Å². The molecule has 0 heterocycles. The quantitative estimate of drug-likeness (QED) is 0.562. The average Bonchev–Trinajstić information content (AvgIpc) is 2.45. The highest BCUT2D eigenvalue weighted by Crippen LogP contribution is 2.23. The Morgan fingerprint density at radius 2 is 1.79 bits per heavy atom. The summed E-state index contributed by atoms with van der Waals surface area (Å²) >= 11 is 0. The predicted octanol–water partition coefficient (Wildman–Crippen LogP) is 4.86. The third-order valence-electron chi connectivity index (χ3n) is 2.73. The van der Waals surface area contributed by atoms with Gasteiger partial charge in [0.2, 0.25) is 0 Å². The maximum atomic E-state index is 5.79. The SMILES string of the molecule is C=CCCCNc1cccc(Oc2ccccc2)c1. The van der Waals surface area contributed by atoms with Gasteiger partial charge in [0, 0.05) is 18.3 Å². The van der Waals surface area contributed by atoms with Crippen molar-refractivity contribution in [1.82, 2.24) is 0 Å². The number of anilines is 1. The Hall–Kier alpha value is -2.22. The summed E-state index contributed by atoms with van der Waals surface area (Å²) in [5, 5.41) is 3.38. The van der Waals surface area contributed by atoms with Crippen LogP contribution >= 0.6 is 0 Å². The summed E-state index contributed by atoms with van der Waals surface area (Å²) in [6, 6.07) is 17.8. The van der Waals surface area contributed by atoms with Gasteiger partial charge in [-0.3, -0.25) is 0 Å². The highest BCUT2D eigenvalue weighted by molar-refractivity contribution is 5.49. The van der Waals surface area contributed by atoms with Crippen molar-refractivity contribution in [3.8, 4) is 11.5 Å². The second kappa shape index (κ2) is 7.27. The lowest BCUT2D eigenvalue weighted by Gasteiger charge is -2.09. The fourth-order valence-electron chi connectivity index (χ4n) is 1.77. The highest BCUT2D eigenvalue weighted by atomic mass is 16.5. The number of rotatable bonds is 7. The van der Waals surface area contributed by atoms with Gasteiger partial charge in [0.05, 0.1) is 0 Å². The van der Waals surface area contributed by atoms with Crippen molar-refractivity contribution in [2.45, 2.75) is 12.8 Å². The molecule has 0 saturated heterocycles. The number of benzene rings is 2. The topological polar surface area (TPSA) is 21.3 Å². The number of ether oxygens (including phenoxy) is 1.